The van der Waals surface area contributed by atoms with E-state index in [1.54, 1.807) is 38.6 Å². The molecule has 0 aliphatic carbocycles. The van der Waals surface area contributed by atoms with E-state index in [1.165, 1.54) is 0 Å². The van der Waals surface area contributed by atoms with Crippen LogP contribution in [0.2, 0.25) is 0 Å². The number of ether oxygens (including phenoxy) is 3. The molecule has 210 valence electrons. The standard InChI is InChI=1S/C30H36N6O4/c1-21(20-37)40-28-15-22(3-4-23(28)17-31)24-18-32-30(33-19-24)34-27-6-5-26(16-29(27)38-2)35-9-7-25(8-10-35)36-11-13-39-14-12-36/h3-6,15-16,18-19,21,25,37H,7-14,20H2,1-2H3,(H,32,33,34). The van der Waals surface area contributed by atoms with Gasteiger partial charge in [0.05, 0.1) is 38.2 Å². The summed E-state index contributed by atoms with van der Waals surface area (Å²) >= 11 is 0. The second-order valence-electron chi connectivity index (χ2n) is 10.1. The summed E-state index contributed by atoms with van der Waals surface area (Å²) in [4.78, 5) is 14.0. The zero-order valence-corrected chi connectivity index (χ0v) is 23.0. The Morgan fingerprint density at radius 2 is 1.80 bits per heavy atom. The Balaban J connectivity index is 1.24. The summed E-state index contributed by atoms with van der Waals surface area (Å²) in [5, 5.41) is 22.0. The number of nitrogens with zero attached hydrogens (tertiary/aromatic N) is 5. The minimum absolute atomic E-state index is 0.142. The van der Waals surface area contributed by atoms with E-state index in [-0.39, 0.29) is 6.61 Å². The number of morpholine rings is 1. The second-order valence-corrected chi connectivity index (χ2v) is 10.1. The summed E-state index contributed by atoms with van der Waals surface area (Å²) in [6.07, 6.45) is 5.31. The number of hydrogen-bond donors (Lipinski definition) is 2. The van der Waals surface area contributed by atoms with Gasteiger partial charge in [-0.1, -0.05) is 6.07 Å². The summed E-state index contributed by atoms with van der Waals surface area (Å²) < 4.78 is 16.9. The van der Waals surface area contributed by atoms with E-state index in [0.29, 0.717) is 23.3 Å². The van der Waals surface area contributed by atoms with Gasteiger partial charge in [0.25, 0.3) is 0 Å². The molecule has 0 amide bonds. The van der Waals surface area contributed by atoms with Crippen LogP contribution in [0.4, 0.5) is 17.3 Å². The highest BCUT2D eigenvalue weighted by Gasteiger charge is 2.26. The highest BCUT2D eigenvalue weighted by Crippen LogP contribution is 2.33. The average molecular weight is 545 g/mol. The molecular formula is C30H36N6O4. The highest BCUT2D eigenvalue weighted by atomic mass is 16.5. The number of aliphatic hydroxyl groups is 1. The molecule has 0 saturated carbocycles. The van der Waals surface area contributed by atoms with Crippen LogP contribution in [0.3, 0.4) is 0 Å². The molecule has 2 aliphatic heterocycles. The Morgan fingerprint density at radius 1 is 1.05 bits per heavy atom. The number of rotatable bonds is 9. The van der Waals surface area contributed by atoms with Crippen LogP contribution < -0.4 is 19.7 Å². The van der Waals surface area contributed by atoms with E-state index < -0.39 is 6.10 Å². The number of nitrogens with one attached hydrogen (secondary N) is 1. The first-order valence-electron chi connectivity index (χ1n) is 13.7. The molecular weight excluding hydrogens is 508 g/mol. The maximum Gasteiger partial charge on any atom is 0.227 e. The summed E-state index contributed by atoms with van der Waals surface area (Å²) in [6.45, 7) is 7.39. The highest BCUT2D eigenvalue weighted by molar-refractivity contribution is 5.70. The lowest BCUT2D eigenvalue weighted by Crippen LogP contribution is -2.49. The Labute approximate surface area is 235 Å². The minimum atomic E-state index is -0.423. The van der Waals surface area contributed by atoms with Crippen molar-refractivity contribution < 1.29 is 19.3 Å². The maximum absolute atomic E-state index is 9.39. The minimum Gasteiger partial charge on any atom is -0.494 e. The van der Waals surface area contributed by atoms with Gasteiger partial charge in [-0.3, -0.25) is 4.90 Å². The van der Waals surface area contributed by atoms with Gasteiger partial charge in [-0.25, -0.2) is 9.97 Å². The van der Waals surface area contributed by atoms with Crippen LogP contribution in [0.1, 0.15) is 25.3 Å². The molecule has 3 heterocycles. The van der Waals surface area contributed by atoms with Gasteiger partial charge in [0.15, 0.2) is 0 Å². The summed E-state index contributed by atoms with van der Waals surface area (Å²) in [6, 6.07) is 14.2. The molecule has 0 bridgehead atoms. The molecule has 3 aromatic rings. The SMILES string of the molecule is COc1cc(N2CCC(N3CCOCC3)CC2)ccc1Nc1ncc(-c2ccc(C#N)c(OC(C)CO)c2)cn1. The first-order valence-corrected chi connectivity index (χ1v) is 13.7. The van der Waals surface area contributed by atoms with Crippen molar-refractivity contribution in [2.75, 3.05) is 63.3 Å². The predicted octanol–water partition coefficient (Wildman–Crippen LogP) is 3.83. The van der Waals surface area contributed by atoms with Crippen molar-refractivity contribution in [2.24, 2.45) is 0 Å². The molecule has 2 N–H and O–H groups in total. The van der Waals surface area contributed by atoms with Crippen molar-refractivity contribution in [3.05, 3.63) is 54.4 Å². The normalized spacial score (nSPS) is 17.2. The quantitative estimate of drug-likeness (QED) is 0.412. The van der Waals surface area contributed by atoms with E-state index >= 15 is 0 Å². The van der Waals surface area contributed by atoms with Crippen LogP contribution in [0.5, 0.6) is 11.5 Å². The number of nitriles is 1. The molecule has 1 atom stereocenters. The van der Waals surface area contributed by atoms with Crippen LogP contribution >= 0.6 is 0 Å². The molecule has 2 saturated heterocycles. The lowest BCUT2D eigenvalue weighted by molar-refractivity contribution is 0.0115. The predicted molar refractivity (Wildman–Crippen MR) is 153 cm³/mol. The lowest BCUT2D eigenvalue weighted by atomic mass is 10.0. The molecule has 5 rings (SSSR count). The van der Waals surface area contributed by atoms with Gasteiger partial charge >= 0.3 is 0 Å². The van der Waals surface area contributed by atoms with Crippen molar-refractivity contribution >= 4 is 17.3 Å². The van der Waals surface area contributed by atoms with E-state index in [1.807, 2.05) is 12.1 Å². The van der Waals surface area contributed by atoms with Crippen LogP contribution in [0.15, 0.2) is 48.8 Å². The third-order valence-corrected chi connectivity index (χ3v) is 7.50. The average Bonchev–Trinajstić information content (AvgIpc) is 3.02. The number of hydrogen-bond acceptors (Lipinski definition) is 10. The number of aromatic nitrogens is 2. The fraction of sp³-hybridized carbons (Fsp3) is 0.433. The van der Waals surface area contributed by atoms with Crippen molar-refractivity contribution in [2.45, 2.75) is 31.9 Å². The van der Waals surface area contributed by atoms with Crippen LogP contribution in [0, 0.1) is 11.3 Å². The third-order valence-electron chi connectivity index (χ3n) is 7.50. The Kier molecular flexibility index (Phi) is 8.96. The molecule has 2 aromatic carbocycles. The number of aliphatic hydroxyl groups excluding tert-OH is 1. The maximum atomic E-state index is 9.39. The van der Waals surface area contributed by atoms with Crippen molar-refractivity contribution in [3.63, 3.8) is 0 Å². The number of anilines is 3. The molecule has 0 radical (unpaired) electrons. The molecule has 10 nitrogen and oxygen atoms in total. The molecule has 40 heavy (non-hydrogen) atoms. The van der Waals surface area contributed by atoms with Crippen molar-refractivity contribution in [1.82, 2.24) is 14.9 Å². The van der Waals surface area contributed by atoms with Gasteiger partial charge < -0.3 is 29.5 Å². The summed E-state index contributed by atoms with van der Waals surface area (Å²) in [7, 11) is 1.67. The number of benzene rings is 2. The fourth-order valence-electron chi connectivity index (χ4n) is 5.22. The van der Waals surface area contributed by atoms with E-state index in [0.717, 1.165) is 80.5 Å². The van der Waals surface area contributed by atoms with E-state index in [4.69, 9.17) is 14.2 Å². The van der Waals surface area contributed by atoms with Crippen LogP contribution in [0.25, 0.3) is 11.1 Å². The second kappa shape index (κ2) is 13.0. The van der Waals surface area contributed by atoms with Crippen molar-refractivity contribution in [3.8, 4) is 28.7 Å². The molecule has 10 heteroatoms. The zero-order valence-electron chi connectivity index (χ0n) is 23.0. The Hall–Kier alpha value is -3.91. The lowest BCUT2D eigenvalue weighted by Gasteiger charge is -2.40. The molecule has 1 aromatic heterocycles. The van der Waals surface area contributed by atoms with Gasteiger partial charge in [0, 0.05) is 61.9 Å². The van der Waals surface area contributed by atoms with E-state index in [9.17, 15) is 10.4 Å². The monoisotopic (exact) mass is 544 g/mol. The fourth-order valence-corrected chi connectivity index (χ4v) is 5.22. The first-order chi connectivity index (χ1) is 19.6. The summed E-state index contributed by atoms with van der Waals surface area (Å²) in [5.41, 5.74) is 3.92. The van der Waals surface area contributed by atoms with Gasteiger partial charge in [0.2, 0.25) is 5.95 Å². The van der Waals surface area contributed by atoms with Gasteiger partial charge in [0.1, 0.15) is 23.7 Å². The van der Waals surface area contributed by atoms with E-state index in [2.05, 4.69) is 43.3 Å². The van der Waals surface area contributed by atoms with Crippen molar-refractivity contribution in [1.29, 1.82) is 5.26 Å². The number of piperidine rings is 1. The Morgan fingerprint density at radius 3 is 2.48 bits per heavy atom. The first kappa shape index (κ1) is 27.6. The smallest absolute Gasteiger partial charge is 0.227 e. The van der Waals surface area contributed by atoms with Gasteiger partial charge in [-0.05, 0) is 49.6 Å². The zero-order chi connectivity index (χ0) is 27.9. The largest absolute Gasteiger partial charge is 0.494 e. The summed E-state index contributed by atoms with van der Waals surface area (Å²) in [5.74, 6) is 1.59. The van der Waals surface area contributed by atoms with Crippen LogP contribution in [-0.2, 0) is 4.74 Å². The third kappa shape index (κ3) is 6.45. The Bertz CT molecular complexity index is 1310. The molecule has 2 fully saturated rings. The molecule has 2 aliphatic rings. The topological polar surface area (TPSA) is 116 Å². The molecule has 1 unspecified atom stereocenters. The molecule has 0 spiro atoms. The van der Waals surface area contributed by atoms with Gasteiger partial charge in [-0.2, -0.15) is 5.26 Å². The number of methoxy groups -OCH3 is 1. The van der Waals surface area contributed by atoms with Crippen LogP contribution in [-0.4, -0.2) is 85.2 Å². The van der Waals surface area contributed by atoms with Gasteiger partial charge in [-0.15, -0.1) is 0 Å².